The minimum atomic E-state index is -2.71. The van der Waals surface area contributed by atoms with Crippen LogP contribution in [0, 0.1) is 0 Å². The zero-order chi connectivity index (χ0) is 11.1. The van der Waals surface area contributed by atoms with Crippen LogP contribution in [0.5, 0.6) is 0 Å². The Hall–Kier alpha value is -0.890. The normalized spacial score (nSPS) is 14.5. The van der Waals surface area contributed by atoms with Crippen molar-refractivity contribution in [3.63, 3.8) is 0 Å². The third kappa shape index (κ3) is 4.00. The Morgan fingerprint density at radius 1 is 1.40 bits per heavy atom. The topological polar surface area (TPSA) is 52.3 Å². The van der Waals surface area contributed by atoms with Gasteiger partial charge in [-0.05, 0) is 5.56 Å². The van der Waals surface area contributed by atoms with Gasteiger partial charge in [0.2, 0.25) is 7.37 Å². The number of rotatable bonds is 6. The van der Waals surface area contributed by atoms with Crippen LogP contribution in [0.4, 0.5) is 0 Å². The van der Waals surface area contributed by atoms with E-state index in [2.05, 4.69) is 6.58 Å². The van der Waals surface area contributed by atoms with Crippen LogP contribution in [0.15, 0.2) is 43.0 Å². The molecule has 1 rings (SSSR count). The molecule has 0 saturated heterocycles. The van der Waals surface area contributed by atoms with Crippen molar-refractivity contribution in [2.24, 2.45) is 5.73 Å². The minimum Gasteiger partial charge on any atom is -0.323 e. The molecule has 0 fully saturated rings. The zero-order valence-electron chi connectivity index (χ0n) is 8.63. The number of hydrogen-bond donors (Lipinski definition) is 1. The lowest BCUT2D eigenvalue weighted by Gasteiger charge is -2.14. The molecule has 0 saturated carbocycles. The van der Waals surface area contributed by atoms with E-state index in [1.807, 2.05) is 30.3 Å². The Labute approximate surface area is 90.4 Å². The van der Waals surface area contributed by atoms with Gasteiger partial charge in [-0.2, -0.15) is 0 Å². The molecule has 0 amide bonds. The summed E-state index contributed by atoms with van der Waals surface area (Å²) in [4.78, 5) is 0. The number of hydrogen-bond acceptors (Lipinski definition) is 3. The maximum atomic E-state index is 11.9. The summed E-state index contributed by atoms with van der Waals surface area (Å²) in [7, 11) is -2.71. The van der Waals surface area contributed by atoms with Gasteiger partial charge in [0.25, 0.3) is 0 Å². The van der Waals surface area contributed by atoms with Crippen LogP contribution in [0.3, 0.4) is 0 Å². The quantitative estimate of drug-likeness (QED) is 0.598. The summed E-state index contributed by atoms with van der Waals surface area (Å²) in [5.74, 6) is 0. The predicted octanol–water partition coefficient (Wildman–Crippen LogP) is 2.58. The molecule has 2 N–H and O–H groups in total. The molecule has 0 heterocycles. The smallest absolute Gasteiger partial charge is 0.220 e. The van der Waals surface area contributed by atoms with Gasteiger partial charge in [0, 0.05) is 6.16 Å². The van der Waals surface area contributed by atoms with Crippen molar-refractivity contribution in [3.8, 4) is 0 Å². The largest absolute Gasteiger partial charge is 0.323 e. The van der Waals surface area contributed by atoms with Gasteiger partial charge in [0.1, 0.15) is 0 Å². The van der Waals surface area contributed by atoms with Crippen molar-refractivity contribution in [1.29, 1.82) is 0 Å². The van der Waals surface area contributed by atoms with Crippen LogP contribution in [0.1, 0.15) is 5.56 Å². The molecular weight excluding hydrogens is 209 g/mol. The summed E-state index contributed by atoms with van der Waals surface area (Å²) in [6.45, 7) is 3.88. The maximum absolute atomic E-state index is 11.9. The minimum absolute atomic E-state index is 0.0614. The fourth-order valence-corrected chi connectivity index (χ4v) is 2.28. The first kappa shape index (κ1) is 12.2. The molecule has 1 aromatic rings. The van der Waals surface area contributed by atoms with Gasteiger partial charge < -0.3 is 10.3 Å². The van der Waals surface area contributed by atoms with Gasteiger partial charge in [-0.25, -0.2) is 0 Å². The Bertz CT molecular complexity index is 351. The monoisotopic (exact) mass is 225 g/mol. The summed E-state index contributed by atoms with van der Waals surface area (Å²) < 4.78 is 17.3. The molecule has 0 aliphatic carbocycles. The SMILES string of the molecule is C=CCP(=O)(CN)OCc1ccccc1. The molecule has 3 nitrogen and oxygen atoms in total. The molecule has 0 aliphatic heterocycles. The van der Waals surface area contributed by atoms with E-state index < -0.39 is 7.37 Å². The second-order valence-corrected chi connectivity index (χ2v) is 5.84. The fourth-order valence-electron chi connectivity index (χ4n) is 1.14. The first-order chi connectivity index (χ1) is 7.20. The van der Waals surface area contributed by atoms with Gasteiger partial charge in [0.05, 0.1) is 12.9 Å². The summed E-state index contributed by atoms with van der Waals surface area (Å²) in [5, 5.41) is 0. The molecule has 82 valence electrons. The highest BCUT2D eigenvalue weighted by molar-refractivity contribution is 7.59. The van der Waals surface area contributed by atoms with Gasteiger partial charge >= 0.3 is 0 Å². The van der Waals surface area contributed by atoms with E-state index in [4.69, 9.17) is 10.3 Å². The lowest BCUT2D eigenvalue weighted by Crippen LogP contribution is -2.06. The molecule has 0 radical (unpaired) electrons. The second-order valence-electron chi connectivity index (χ2n) is 3.23. The van der Waals surface area contributed by atoms with Crippen molar-refractivity contribution < 1.29 is 9.09 Å². The van der Waals surface area contributed by atoms with Gasteiger partial charge in [-0.15, -0.1) is 6.58 Å². The van der Waals surface area contributed by atoms with E-state index in [0.29, 0.717) is 12.8 Å². The Balaban J connectivity index is 2.55. The van der Waals surface area contributed by atoms with E-state index in [-0.39, 0.29) is 6.29 Å². The van der Waals surface area contributed by atoms with Gasteiger partial charge in [0.15, 0.2) is 0 Å². The average molecular weight is 225 g/mol. The lowest BCUT2D eigenvalue weighted by molar-refractivity contribution is 0.304. The number of nitrogens with two attached hydrogens (primary N) is 1. The molecule has 0 bridgehead atoms. The van der Waals surface area contributed by atoms with Crippen molar-refractivity contribution in [2.45, 2.75) is 6.61 Å². The highest BCUT2D eigenvalue weighted by Crippen LogP contribution is 2.45. The molecule has 15 heavy (non-hydrogen) atoms. The highest BCUT2D eigenvalue weighted by Gasteiger charge is 2.18. The number of benzene rings is 1. The summed E-state index contributed by atoms with van der Waals surface area (Å²) >= 11 is 0. The van der Waals surface area contributed by atoms with Gasteiger partial charge in [-0.3, -0.25) is 4.57 Å². The van der Waals surface area contributed by atoms with E-state index in [9.17, 15) is 4.57 Å². The van der Waals surface area contributed by atoms with Crippen LogP contribution in [0.25, 0.3) is 0 Å². The predicted molar refractivity (Wildman–Crippen MR) is 63.0 cm³/mol. The molecule has 4 heteroatoms. The maximum Gasteiger partial charge on any atom is 0.220 e. The molecule has 0 aromatic heterocycles. The molecule has 1 unspecified atom stereocenters. The van der Waals surface area contributed by atoms with Crippen molar-refractivity contribution in [3.05, 3.63) is 48.6 Å². The van der Waals surface area contributed by atoms with E-state index >= 15 is 0 Å². The fraction of sp³-hybridized carbons (Fsp3) is 0.273. The molecule has 1 atom stereocenters. The summed E-state index contributed by atoms with van der Waals surface area (Å²) in [6.07, 6.45) is 1.97. The Morgan fingerprint density at radius 2 is 2.07 bits per heavy atom. The molecule has 0 aliphatic rings. The Morgan fingerprint density at radius 3 is 2.60 bits per heavy atom. The van der Waals surface area contributed by atoms with Crippen LogP contribution in [0.2, 0.25) is 0 Å². The van der Waals surface area contributed by atoms with Crippen molar-refractivity contribution in [1.82, 2.24) is 0 Å². The van der Waals surface area contributed by atoms with Crippen LogP contribution < -0.4 is 5.73 Å². The van der Waals surface area contributed by atoms with E-state index in [0.717, 1.165) is 5.56 Å². The third-order valence-electron chi connectivity index (χ3n) is 1.99. The van der Waals surface area contributed by atoms with E-state index in [1.54, 1.807) is 6.08 Å². The van der Waals surface area contributed by atoms with Crippen LogP contribution in [-0.4, -0.2) is 12.4 Å². The second kappa shape index (κ2) is 5.86. The van der Waals surface area contributed by atoms with E-state index in [1.165, 1.54) is 0 Å². The van der Waals surface area contributed by atoms with Gasteiger partial charge in [-0.1, -0.05) is 36.4 Å². The van der Waals surface area contributed by atoms with Crippen LogP contribution in [-0.2, 0) is 15.7 Å². The molecule has 0 spiro atoms. The Kier molecular flexibility index (Phi) is 4.76. The number of allylic oxidation sites excluding steroid dienone is 1. The molecule has 1 aromatic carbocycles. The lowest BCUT2D eigenvalue weighted by atomic mass is 10.2. The highest BCUT2D eigenvalue weighted by atomic mass is 31.2. The third-order valence-corrected chi connectivity index (χ3v) is 3.97. The first-order valence-electron chi connectivity index (χ1n) is 4.78. The standard InChI is InChI=1S/C11H16NO2P/c1-2-8-15(13,10-12)14-9-11-6-4-3-5-7-11/h2-7H,1,8-10,12H2. The molecular formula is C11H16NO2P. The first-order valence-corrected chi connectivity index (χ1v) is 6.77. The summed E-state index contributed by atoms with van der Waals surface area (Å²) in [6, 6.07) is 9.61. The average Bonchev–Trinajstić information content (AvgIpc) is 2.28. The van der Waals surface area contributed by atoms with Crippen molar-refractivity contribution >= 4 is 7.37 Å². The van der Waals surface area contributed by atoms with Crippen LogP contribution >= 0.6 is 7.37 Å². The summed E-state index contributed by atoms with van der Waals surface area (Å²) in [5.41, 5.74) is 6.42. The zero-order valence-corrected chi connectivity index (χ0v) is 9.53. The van der Waals surface area contributed by atoms with Crippen molar-refractivity contribution in [2.75, 3.05) is 12.4 Å².